The Kier molecular flexibility index (Phi) is 7.11. The second-order valence-electron chi connectivity index (χ2n) is 8.16. The normalized spacial score (nSPS) is 19.5. The standard InChI is InChI=1S/C26H28N2O5/c1-17-13-21(8-10-24(17)33-25-16-32-15-23(25)31)20-6-3-19(4-7-20)5-9-22(14-29)28-12-11-27-26(28)18(2)30/h3-4,6-8,10-13,18,22-23,25,29-31H,14-16H2,1-2H3/t18-,22?,23-,25-/m0/s1. The average Bonchev–Trinajstić information content (AvgIpc) is 3.46. The fourth-order valence-corrected chi connectivity index (χ4v) is 3.79. The van der Waals surface area contributed by atoms with Gasteiger partial charge in [-0.15, -0.1) is 0 Å². The minimum absolute atomic E-state index is 0.182. The predicted octanol–water partition coefficient (Wildman–Crippen LogP) is 2.64. The monoisotopic (exact) mass is 448 g/mol. The van der Waals surface area contributed by atoms with Crippen LogP contribution in [0.2, 0.25) is 0 Å². The van der Waals surface area contributed by atoms with Gasteiger partial charge in [0, 0.05) is 18.0 Å². The van der Waals surface area contributed by atoms with E-state index in [2.05, 4.69) is 22.9 Å². The highest BCUT2D eigenvalue weighted by atomic mass is 16.6. The molecule has 1 unspecified atom stereocenters. The number of aromatic nitrogens is 2. The van der Waals surface area contributed by atoms with E-state index in [1.807, 2.05) is 43.3 Å². The van der Waals surface area contributed by atoms with Gasteiger partial charge in [0.05, 0.1) is 19.8 Å². The van der Waals surface area contributed by atoms with E-state index in [0.29, 0.717) is 19.0 Å². The van der Waals surface area contributed by atoms with Crippen LogP contribution >= 0.6 is 0 Å². The van der Waals surface area contributed by atoms with Gasteiger partial charge in [-0.05, 0) is 54.8 Å². The second-order valence-corrected chi connectivity index (χ2v) is 8.16. The molecule has 0 bridgehead atoms. The summed E-state index contributed by atoms with van der Waals surface area (Å²) in [7, 11) is 0. The molecule has 1 aromatic heterocycles. The lowest BCUT2D eigenvalue weighted by Gasteiger charge is -2.17. The van der Waals surface area contributed by atoms with E-state index in [9.17, 15) is 15.3 Å². The highest BCUT2D eigenvalue weighted by Crippen LogP contribution is 2.28. The molecule has 7 nitrogen and oxygen atoms in total. The van der Waals surface area contributed by atoms with Crippen molar-refractivity contribution in [3.63, 3.8) is 0 Å². The first-order chi connectivity index (χ1) is 16.0. The van der Waals surface area contributed by atoms with Crippen molar-refractivity contribution in [2.75, 3.05) is 19.8 Å². The molecule has 0 spiro atoms. The average molecular weight is 449 g/mol. The van der Waals surface area contributed by atoms with Crippen LogP contribution in [0, 0.1) is 18.8 Å². The molecule has 0 amide bonds. The van der Waals surface area contributed by atoms with E-state index < -0.39 is 18.2 Å². The maximum atomic E-state index is 9.89. The Hall–Kier alpha value is -3.15. The molecule has 1 aliphatic rings. The fourth-order valence-electron chi connectivity index (χ4n) is 3.79. The van der Waals surface area contributed by atoms with Crippen LogP contribution < -0.4 is 4.74 Å². The SMILES string of the molecule is Cc1cc(-c2ccc(C#CC(CO)n3ccnc3[C@H](C)O)cc2)ccc1O[C@H]1COC[C@@H]1O. The van der Waals surface area contributed by atoms with Crippen molar-refractivity contribution in [2.45, 2.75) is 38.2 Å². The van der Waals surface area contributed by atoms with E-state index >= 15 is 0 Å². The summed E-state index contributed by atoms with van der Waals surface area (Å²) in [6.07, 6.45) is 1.61. The fraction of sp³-hybridized carbons (Fsp3) is 0.346. The second kappa shape index (κ2) is 10.2. The van der Waals surface area contributed by atoms with E-state index in [1.54, 1.807) is 23.9 Å². The molecule has 0 aliphatic carbocycles. The number of benzene rings is 2. The van der Waals surface area contributed by atoms with Gasteiger partial charge in [0.25, 0.3) is 0 Å². The zero-order valence-electron chi connectivity index (χ0n) is 18.7. The maximum Gasteiger partial charge on any atom is 0.150 e. The molecular formula is C26H28N2O5. The molecule has 2 aromatic carbocycles. The summed E-state index contributed by atoms with van der Waals surface area (Å²) in [6.45, 7) is 4.13. The third kappa shape index (κ3) is 5.27. The lowest BCUT2D eigenvalue weighted by molar-refractivity contribution is 0.0729. The van der Waals surface area contributed by atoms with Gasteiger partial charge in [-0.3, -0.25) is 0 Å². The van der Waals surface area contributed by atoms with Crippen LogP contribution in [-0.4, -0.2) is 56.9 Å². The lowest BCUT2D eigenvalue weighted by atomic mass is 10.0. The zero-order valence-corrected chi connectivity index (χ0v) is 18.7. The van der Waals surface area contributed by atoms with Gasteiger partial charge in [-0.2, -0.15) is 0 Å². The summed E-state index contributed by atoms with van der Waals surface area (Å²) >= 11 is 0. The molecule has 4 atom stereocenters. The summed E-state index contributed by atoms with van der Waals surface area (Å²) < 4.78 is 12.8. The first-order valence-electron chi connectivity index (χ1n) is 10.9. The Morgan fingerprint density at radius 2 is 1.94 bits per heavy atom. The Morgan fingerprint density at radius 3 is 2.58 bits per heavy atom. The molecule has 1 saturated heterocycles. The largest absolute Gasteiger partial charge is 0.485 e. The van der Waals surface area contributed by atoms with Crippen molar-refractivity contribution >= 4 is 0 Å². The molecule has 0 radical (unpaired) electrons. The molecule has 7 heteroatoms. The van der Waals surface area contributed by atoms with Crippen LogP contribution in [0.15, 0.2) is 54.9 Å². The maximum absolute atomic E-state index is 9.89. The van der Waals surface area contributed by atoms with Gasteiger partial charge in [-0.1, -0.05) is 30.0 Å². The van der Waals surface area contributed by atoms with E-state index in [1.165, 1.54) is 0 Å². The first-order valence-corrected chi connectivity index (χ1v) is 10.9. The van der Waals surface area contributed by atoms with Crippen LogP contribution in [0.3, 0.4) is 0 Å². The van der Waals surface area contributed by atoms with Gasteiger partial charge in [0.15, 0.2) is 0 Å². The Balaban J connectivity index is 1.47. The minimum Gasteiger partial charge on any atom is -0.485 e. The molecular weight excluding hydrogens is 420 g/mol. The summed E-state index contributed by atoms with van der Waals surface area (Å²) in [5.41, 5.74) is 3.90. The third-order valence-electron chi connectivity index (χ3n) is 5.64. The molecule has 3 N–H and O–H groups in total. The molecule has 4 rings (SSSR count). The number of aliphatic hydroxyl groups excluding tert-OH is 3. The highest BCUT2D eigenvalue weighted by molar-refractivity contribution is 5.66. The molecule has 2 heterocycles. The zero-order chi connectivity index (χ0) is 23.4. The number of rotatable bonds is 6. The van der Waals surface area contributed by atoms with Crippen molar-refractivity contribution in [1.29, 1.82) is 0 Å². The summed E-state index contributed by atoms with van der Waals surface area (Å²) in [5.74, 6) is 7.37. The minimum atomic E-state index is -0.744. The third-order valence-corrected chi connectivity index (χ3v) is 5.64. The molecule has 0 saturated carbocycles. The Bertz CT molecular complexity index is 1140. The number of nitrogens with zero attached hydrogens (tertiary/aromatic N) is 2. The van der Waals surface area contributed by atoms with Gasteiger partial charge in [0.1, 0.15) is 35.9 Å². The lowest BCUT2D eigenvalue weighted by Crippen LogP contribution is -2.29. The number of aliphatic hydroxyl groups is 3. The van der Waals surface area contributed by atoms with Crippen LogP contribution in [0.5, 0.6) is 5.75 Å². The smallest absolute Gasteiger partial charge is 0.150 e. The van der Waals surface area contributed by atoms with Crippen molar-refractivity contribution in [1.82, 2.24) is 9.55 Å². The van der Waals surface area contributed by atoms with Crippen molar-refractivity contribution < 1.29 is 24.8 Å². The van der Waals surface area contributed by atoms with Crippen molar-refractivity contribution in [3.05, 3.63) is 71.8 Å². The first kappa shape index (κ1) is 23.0. The van der Waals surface area contributed by atoms with Crippen LogP contribution in [0.4, 0.5) is 0 Å². The van der Waals surface area contributed by atoms with E-state index in [0.717, 1.165) is 28.0 Å². The van der Waals surface area contributed by atoms with E-state index in [4.69, 9.17) is 9.47 Å². The summed E-state index contributed by atoms with van der Waals surface area (Å²) in [4.78, 5) is 4.14. The van der Waals surface area contributed by atoms with Gasteiger partial charge >= 0.3 is 0 Å². The van der Waals surface area contributed by atoms with Crippen LogP contribution in [0.1, 0.15) is 36.0 Å². The van der Waals surface area contributed by atoms with Gasteiger partial charge < -0.3 is 29.4 Å². The van der Waals surface area contributed by atoms with Crippen LogP contribution in [0.25, 0.3) is 11.1 Å². The topological polar surface area (TPSA) is 97.0 Å². The Labute approximate surface area is 193 Å². The van der Waals surface area contributed by atoms with E-state index in [-0.39, 0.29) is 12.7 Å². The molecule has 1 aliphatic heterocycles. The molecule has 3 aromatic rings. The predicted molar refractivity (Wildman–Crippen MR) is 124 cm³/mol. The van der Waals surface area contributed by atoms with Crippen molar-refractivity contribution in [3.8, 4) is 28.7 Å². The number of ether oxygens (including phenoxy) is 2. The molecule has 172 valence electrons. The Morgan fingerprint density at radius 1 is 1.18 bits per heavy atom. The van der Waals surface area contributed by atoms with Gasteiger partial charge in [-0.25, -0.2) is 4.98 Å². The number of hydrogen-bond acceptors (Lipinski definition) is 6. The quantitative estimate of drug-likeness (QED) is 0.502. The molecule has 33 heavy (non-hydrogen) atoms. The number of aryl methyl sites for hydroxylation is 1. The summed E-state index contributed by atoms with van der Waals surface area (Å²) in [6, 6.07) is 13.3. The molecule has 1 fully saturated rings. The van der Waals surface area contributed by atoms with Crippen LogP contribution in [-0.2, 0) is 4.74 Å². The number of hydrogen-bond donors (Lipinski definition) is 3. The summed E-state index contributed by atoms with van der Waals surface area (Å²) in [5, 5.41) is 29.5. The van der Waals surface area contributed by atoms with Crippen molar-refractivity contribution in [2.24, 2.45) is 0 Å². The van der Waals surface area contributed by atoms with Gasteiger partial charge in [0.2, 0.25) is 0 Å². The highest BCUT2D eigenvalue weighted by Gasteiger charge is 2.28. The number of imidazole rings is 1.